The molecule has 8 heteroatoms. The van der Waals surface area contributed by atoms with Gasteiger partial charge in [-0.3, -0.25) is 15.0 Å². The molecule has 1 amide bonds. The standard InChI is InChI=1S/C15H16N6O2/c1-23-9-6-12(14-16-8-17-20-14)21(7-9)15(22)13-10-4-2-3-5-11(10)18-19-13/h2-5,8-9,12H,6-7H2,1H3,(H,18,19)(H,16,17,20)/t9-,12+/m1/s1. The van der Waals surface area contributed by atoms with Crippen LogP contribution in [-0.4, -0.2) is 55.9 Å². The minimum Gasteiger partial charge on any atom is -0.380 e. The zero-order valence-electron chi connectivity index (χ0n) is 12.6. The van der Waals surface area contributed by atoms with Crippen LogP contribution in [0.25, 0.3) is 10.9 Å². The minimum absolute atomic E-state index is 0.0285. The summed E-state index contributed by atoms with van der Waals surface area (Å²) in [5.74, 6) is 0.529. The Kier molecular flexibility index (Phi) is 3.30. The van der Waals surface area contributed by atoms with E-state index in [1.54, 1.807) is 12.0 Å². The number of aromatic nitrogens is 5. The zero-order valence-corrected chi connectivity index (χ0v) is 12.6. The number of carbonyl (C=O) groups is 1. The maximum atomic E-state index is 13.0. The molecule has 118 valence electrons. The highest BCUT2D eigenvalue weighted by molar-refractivity contribution is 6.04. The summed E-state index contributed by atoms with van der Waals surface area (Å²) in [6.45, 7) is 0.502. The van der Waals surface area contributed by atoms with Crippen molar-refractivity contribution in [2.45, 2.75) is 18.6 Å². The monoisotopic (exact) mass is 312 g/mol. The molecule has 4 rings (SSSR count). The maximum Gasteiger partial charge on any atom is 0.275 e. The summed E-state index contributed by atoms with van der Waals surface area (Å²) in [7, 11) is 1.65. The number of aromatic amines is 2. The molecule has 0 radical (unpaired) electrons. The molecule has 0 unspecified atom stereocenters. The highest BCUT2D eigenvalue weighted by atomic mass is 16.5. The third-order valence-electron chi connectivity index (χ3n) is 4.28. The molecule has 2 atom stereocenters. The van der Waals surface area contributed by atoms with E-state index < -0.39 is 0 Å². The highest BCUT2D eigenvalue weighted by Crippen LogP contribution is 2.33. The van der Waals surface area contributed by atoms with Gasteiger partial charge in [-0.25, -0.2) is 4.98 Å². The SMILES string of the molecule is CO[C@@H]1C[C@@H](c2ncn[nH]2)N(C(=O)c2n[nH]c3ccccc23)C1. The average molecular weight is 312 g/mol. The lowest BCUT2D eigenvalue weighted by Crippen LogP contribution is -2.32. The summed E-state index contributed by atoms with van der Waals surface area (Å²) >= 11 is 0. The second-order valence-electron chi connectivity index (χ2n) is 5.56. The molecule has 1 fully saturated rings. The molecule has 3 aromatic rings. The summed E-state index contributed by atoms with van der Waals surface area (Å²) in [6, 6.07) is 7.40. The molecule has 23 heavy (non-hydrogen) atoms. The lowest BCUT2D eigenvalue weighted by atomic mass is 10.1. The van der Waals surface area contributed by atoms with Crippen molar-refractivity contribution in [2.24, 2.45) is 0 Å². The van der Waals surface area contributed by atoms with Gasteiger partial charge >= 0.3 is 0 Å². The van der Waals surface area contributed by atoms with Crippen LogP contribution in [0, 0.1) is 0 Å². The number of hydrogen-bond acceptors (Lipinski definition) is 5. The molecule has 0 spiro atoms. The van der Waals surface area contributed by atoms with E-state index in [1.807, 2.05) is 24.3 Å². The van der Waals surface area contributed by atoms with E-state index in [9.17, 15) is 4.79 Å². The number of benzene rings is 1. The summed E-state index contributed by atoms with van der Waals surface area (Å²) < 4.78 is 5.44. The van der Waals surface area contributed by atoms with Gasteiger partial charge in [0.05, 0.1) is 17.7 Å². The number of para-hydroxylation sites is 1. The van der Waals surface area contributed by atoms with Crippen LogP contribution in [0.2, 0.25) is 0 Å². The van der Waals surface area contributed by atoms with E-state index >= 15 is 0 Å². The van der Waals surface area contributed by atoms with Crippen molar-refractivity contribution in [3.63, 3.8) is 0 Å². The minimum atomic E-state index is -0.189. The molecule has 2 aromatic heterocycles. The molecule has 1 aliphatic rings. The van der Waals surface area contributed by atoms with Gasteiger partial charge < -0.3 is 9.64 Å². The van der Waals surface area contributed by atoms with Crippen LogP contribution in [0.3, 0.4) is 0 Å². The van der Waals surface area contributed by atoms with Crippen LogP contribution in [0.5, 0.6) is 0 Å². The topological polar surface area (TPSA) is 99.8 Å². The van der Waals surface area contributed by atoms with Gasteiger partial charge in [-0.1, -0.05) is 18.2 Å². The normalized spacial score (nSPS) is 21.2. The Hall–Kier alpha value is -2.74. The fraction of sp³-hybridized carbons (Fsp3) is 0.333. The second kappa shape index (κ2) is 5.47. The van der Waals surface area contributed by atoms with Gasteiger partial charge in [0.25, 0.3) is 5.91 Å². The predicted octanol–water partition coefficient (Wildman–Crippen LogP) is 1.28. The van der Waals surface area contributed by atoms with Crippen molar-refractivity contribution in [3.05, 3.63) is 42.1 Å². The number of hydrogen-bond donors (Lipinski definition) is 2. The van der Waals surface area contributed by atoms with Crippen molar-refractivity contribution in [2.75, 3.05) is 13.7 Å². The Bertz CT molecular complexity index is 827. The first kappa shape index (κ1) is 13.9. The molecule has 2 N–H and O–H groups in total. The number of H-pyrrole nitrogens is 2. The Morgan fingerprint density at radius 1 is 1.35 bits per heavy atom. The average Bonchev–Trinajstić information content (AvgIpc) is 3.31. The number of amides is 1. The first-order chi connectivity index (χ1) is 11.3. The largest absolute Gasteiger partial charge is 0.380 e. The third-order valence-corrected chi connectivity index (χ3v) is 4.28. The van der Waals surface area contributed by atoms with Gasteiger partial charge in [-0.05, 0) is 6.07 Å². The fourth-order valence-electron chi connectivity index (χ4n) is 3.09. The van der Waals surface area contributed by atoms with Gasteiger partial charge in [-0.2, -0.15) is 10.2 Å². The predicted molar refractivity (Wildman–Crippen MR) is 81.7 cm³/mol. The first-order valence-corrected chi connectivity index (χ1v) is 7.40. The van der Waals surface area contributed by atoms with E-state index in [1.165, 1.54) is 6.33 Å². The lowest BCUT2D eigenvalue weighted by Gasteiger charge is -2.21. The van der Waals surface area contributed by atoms with Gasteiger partial charge in [0.15, 0.2) is 5.69 Å². The number of nitrogens with one attached hydrogen (secondary N) is 2. The number of nitrogens with zero attached hydrogens (tertiary/aromatic N) is 4. The fourth-order valence-corrected chi connectivity index (χ4v) is 3.09. The third kappa shape index (κ3) is 2.27. The van der Waals surface area contributed by atoms with E-state index in [4.69, 9.17) is 4.74 Å². The maximum absolute atomic E-state index is 13.0. The molecule has 0 saturated carbocycles. The van der Waals surface area contributed by atoms with Crippen molar-refractivity contribution < 1.29 is 9.53 Å². The van der Waals surface area contributed by atoms with E-state index in [0.29, 0.717) is 24.5 Å². The Labute approximate surface area is 131 Å². The highest BCUT2D eigenvalue weighted by Gasteiger charge is 2.39. The van der Waals surface area contributed by atoms with Crippen LogP contribution in [-0.2, 0) is 4.74 Å². The molecule has 1 aromatic carbocycles. The number of methoxy groups -OCH3 is 1. The molecule has 8 nitrogen and oxygen atoms in total. The second-order valence-corrected chi connectivity index (χ2v) is 5.56. The summed E-state index contributed by atoms with van der Waals surface area (Å²) in [4.78, 5) is 19.0. The van der Waals surface area contributed by atoms with Crippen LogP contribution in [0.4, 0.5) is 0 Å². The van der Waals surface area contributed by atoms with Crippen LogP contribution in [0.1, 0.15) is 28.8 Å². The number of fused-ring (bicyclic) bond motifs is 1. The van der Waals surface area contributed by atoms with Crippen molar-refractivity contribution in [1.29, 1.82) is 0 Å². The zero-order chi connectivity index (χ0) is 15.8. The van der Waals surface area contributed by atoms with Gasteiger partial charge in [0.1, 0.15) is 12.2 Å². The Morgan fingerprint density at radius 3 is 3.00 bits per heavy atom. The van der Waals surface area contributed by atoms with Crippen molar-refractivity contribution in [1.82, 2.24) is 30.3 Å². The van der Waals surface area contributed by atoms with Crippen LogP contribution >= 0.6 is 0 Å². The molecule has 1 aliphatic heterocycles. The van der Waals surface area contributed by atoms with Crippen LogP contribution < -0.4 is 0 Å². The van der Waals surface area contributed by atoms with Crippen molar-refractivity contribution >= 4 is 16.8 Å². The quantitative estimate of drug-likeness (QED) is 0.759. The smallest absolute Gasteiger partial charge is 0.275 e. The lowest BCUT2D eigenvalue weighted by molar-refractivity contribution is 0.0680. The van der Waals surface area contributed by atoms with Gasteiger partial charge in [0.2, 0.25) is 0 Å². The van der Waals surface area contributed by atoms with E-state index in [2.05, 4.69) is 25.4 Å². The summed E-state index contributed by atoms with van der Waals surface area (Å²) in [5.41, 5.74) is 1.26. The van der Waals surface area contributed by atoms with Crippen LogP contribution in [0.15, 0.2) is 30.6 Å². The van der Waals surface area contributed by atoms with Gasteiger partial charge in [-0.15, -0.1) is 0 Å². The van der Waals surface area contributed by atoms with Crippen molar-refractivity contribution in [3.8, 4) is 0 Å². The number of likely N-dealkylation sites (tertiary alicyclic amines) is 1. The molecule has 1 saturated heterocycles. The van der Waals surface area contributed by atoms with E-state index in [-0.39, 0.29) is 18.1 Å². The van der Waals surface area contributed by atoms with Gasteiger partial charge in [0, 0.05) is 25.5 Å². The molecule has 0 aliphatic carbocycles. The Morgan fingerprint density at radius 2 is 2.22 bits per heavy atom. The number of ether oxygens (including phenoxy) is 1. The molecule has 0 bridgehead atoms. The first-order valence-electron chi connectivity index (χ1n) is 7.40. The molecular weight excluding hydrogens is 296 g/mol. The molecule has 3 heterocycles. The summed E-state index contributed by atoms with van der Waals surface area (Å²) in [6.07, 6.45) is 2.10. The molecular formula is C15H16N6O2. The Balaban J connectivity index is 1.71. The number of carbonyl (C=O) groups excluding carboxylic acids is 1. The van der Waals surface area contributed by atoms with E-state index in [0.717, 1.165) is 10.9 Å². The number of rotatable bonds is 3. The summed E-state index contributed by atoms with van der Waals surface area (Å²) in [5, 5.41) is 14.7.